The molecule has 1 atom stereocenters. The van der Waals surface area contributed by atoms with Crippen molar-refractivity contribution in [3.8, 4) is 0 Å². The lowest BCUT2D eigenvalue weighted by Gasteiger charge is -2.30. The van der Waals surface area contributed by atoms with Gasteiger partial charge in [-0.2, -0.15) is 0 Å². The largest absolute Gasteiger partial charge is 0.382 e. The number of hydrogen-bond donors (Lipinski definition) is 0. The van der Waals surface area contributed by atoms with Gasteiger partial charge < -0.3 is 14.2 Å². The molecule has 0 bridgehead atoms. The molecule has 0 fully saturated rings. The third-order valence-corrected chi connectivity index (χ3v) is 3.90. The summed E-state index contributed by atoms with van der Waals surface area (Å²) in [7, 11) is 3.29. The summed E-state index contributed by atoms with van der Waals surface area (Å²) >= 11 is 8.11. The van der Waals surface area contributed by atoms with Gasteiger partial charge in [-0.1, -0.05) is 22.6 Å². The van der Waals surface area contributed by atoms with E-state index in [9.17, 15) is 0 Å². The van der Waals surface area contributed by atoms with E-state index in [1.165, 1.54) is 0 Å². The molecule has 1 unspecified atom stereocenters. The summed E-state index contributed by atoms with van der Waals surface area (Å²) < 4.78 is 16.8. The van der Waals surface area contributed by atoms with Crippen LogP contribution in [0, 0.1) is 0 Å². The first-order chi connectivity index (χ1) is 6.61. The highest BCUT2D eigenvalue weighted by molar-refractivity contribution is 14.1. The van der Waals surface area contributed by atoms with E-state index in [1.54, 1.807) is 14.2 Å². The molecule has 0 saturated heterocycles. The van der Waals surface area contributed by atoms with Crippen LogP contribution in [-0.4, -0.2) is 49.4 Å². The Hall–Kier alpha value is 0.900. The molecule has 0 aromatic rings. The summed E-state index contributed by atoms with van der Waals surface area (Å²) in [6.45, 7) is 3.04. The number of hydrogen-bond acceptors (Lipinski definition) is 3. The molecule has 0 amide bonds. The van der Waals surface area contributed by atoms with Crippen LogP contribution in [0.5, 0.6) is 0 Å². The fraction of sp³-hybridized carbons (Fsp3) is 1.00. The van der Waals surface area contributed by atoms with Crippen molar-refractivity contribution in [2.45, 2.75) is 18.6 Å². The van der Waals surface area contributed by atoms with Gasteiger partial charge in [0.1, 0.15) is 6.10 Å². The van der Waals surface area contributed by atoms with Gasteiger partial charge in [0.05, 0.1) is 24.7 Å². The standard InChI is InChI=1S/C9H18ClIO3/c1-9(6-10,7-11)14-8(4-12-2)5-13-3/h8H,4-7H2,1-3H3. The van der Waals surface area contributed by atoms with Crippen LogP contribution >= 0.6 is 34.2 Å². The van der Waals surface area contributed by atoms with Crippen LogP contribution in [0.25, 0.3) is 0 Å². The number of ether oxygens (including phenoxy) is 3. The molecule has 86 valence electrons. The van der Waals surface area contributed by atoms with Crippen molar-refractivity contribution < 1.29 is 14.2 Å². The molecule has 0 saturated carbocycles. The molecule has 5 heteroatoms. The Bertz CT molecular complexity index is 136. The number of rotatable bonds is 8. The van der Waals surface area contributed by atoms with Crippen LogP contribution in [0.15, 0.2) is 0 Å². The predicted octanol–water partition coefficient (Wildman–Crippen LogP) is 2.10. The van der Waals surface area contributed by atoms with Crippen LogP contribution in [0.1, 0.15) is 6.92 Å². The Morgan fingerprint density at radius 2 is 1.79 bits per heavy atom. The average Bonchev–Trinajstić information content (AvgIpc) is 2.18. The first kappa shape index (κ1) is 14.9. The first-order valence-electron chi connectivity index (χ1n) is 4.39. The monoisotopic (exact) mass is 336 g/mol. The molecule has 0 N–H and O–H groups in total. The van der Waals surface area contributed by atoms with E-state index in [1.807, 2.05) is 6.92 Å². The number of methoxy groups -OCH3 is 2. The SMILES string of the molecule is COCC(COC)OC(C)(CCl)CI. The summed E-state index contributed by atoms with van der Waals surface area (Å²) in [6.07, 6.45) is -0.0523. The summed E-state index contributed by atoms with van der Waals surface area (Å²) in [6, 6.07) is 0. The van der Waals surface area contributed by atoms with E-state index < -0.39 is 0 Å². The maximum atomic E-state index is 5.84. The Kier molecular flexibility index (Phi) is 8.62. The van der Waals surface area contributed by atoms with Gasteiger partial charge >= 0.3 is 0 Å². The topological polar surface area (TPSA) is 27.7 Å². The van der Waals surface area contributed by atoms with Gasteiger partial charge in [-0.25, -0.2) is 0 Å². The Balaban J connectivity index is 4.10. The summed E-state index contributed by atoms with van der Waals surface area (Å²) in [5.41, 5.74) is -0.302. The Labute approximate surface area is 105 Å². The molecular formula is C9H18ClIO3. The fourth-order valence-electron chi connectivity index (χ4n) is 0.989. The van der Waals surface area contributed by atoms with Crippen molar-refractivity contribution in [3.63, 3.8) is 0 Å². The molecular weight excluding hydrogens is 318 g/mol. The molecule has 3 nitrogen and oxygen atoms in total. The van der Waals surface area contributed by atoms with Crippen LogP contribution in [-0.2, 0) is 14.2 Å². The van der Waals surface area contributed by atoms with E-state index in [0.29, 0.717) is 19.1 Å². The van der Waals surface area contributed by atoms with Crippen molar-refractivity contribution in [2.24, 2.45) is 0 Å². The van der Waals surface area contributed by atoms with Crippen LogP contribution in [0.4, 0.5) is 0 Å². The molecule has 0 spiro atoms. The maximum absolute atomic E-state index is 5.84. The molecule has 14 heavy (non-hydrogen) atoms. The number of alkyl halides is 2. The normalized spacial score (nSPS) is 15.9. The maximum Gasteiger partial charge on any atom is 0.105 e. The van der Waals surface area contributed by atoms with Gasteiger partial charge in [0.2, 0.25) is 0 Å². The average molecular weight is 337 g/mol. The number of halogens is 2. The predicted molar refractivity (Wildman–Crippen MR) is 66.6 cm³/mol. The minimum absolute atomic E-state index is 0.0523. The van der Waals surface area contributed by atoms with Gasteiger partial charge in [-0.3, -0.25) is 0 Å². The molecule has 0 aliphatic heterocycles. The van der Waals surface area contributed by atoms with Crippen molar-refractivity contribution in [3.05, 3.63) is 0 Å². The van der Waals surface area contributed by atoms with E-state index in [4.69, 9.17) is 25.8 Å². The van der Waals surface area contributed by atoms with E-state index in [-0.39, 0.29) is 11.7 Å². The van der Waals surface area contributed by atoms with Gasteiger partial charge in [-0.15, -0.1) is 11.6 Å². The highest BCUT2D eigenvalue weighted by Crippen LogP contribution is 2.18. The zero-order valence-electron chi connectivity index (χ0n) is 8.89. The summed E-state index contributed by atoms with van der Waals surface area (Å²) in [5, 5.41) is 0. The first-order valence-corrected chi connectivity index (χ1v) is 6.45. The molecule has 0 aromatic carbocycles. The van der Waals surface area contributed by atoms with Gasteiger partial charge in [0, 0.05) is 18.6 Å². The second-order valence-electron chi connectivity index (χ2n) is 3.37. The van der Waals surface area contributed by atoms with E-state index >= 15 is 0 Å². The zero-order chi connectivity index (χ0) is 11.0. The molecule has 0 aromatic heterocycles. The van der Waals surface area contributed by atoms with Gasteiger partial charge in [0.15, 0.2) is 0 Å². The van der Waals surface area contributed by atoms with Crippen molar-refractivity contribution in [1.82, 2.24) is 0 Å². The van der Waals surface area contributed by atoms with Crippen molar-refractivity contribution in [1.29, 1.82) is 0 Å². The Morgan fingerprint density at radius 3 is 2.07 bits per heavy atom. The third-order valence-electron chi connectivity index (χ3n) is 1.72. The molecule has 0 rings (SSSR count). The van der Waals surface area contributed by atoms with E-state index in [2.05, 4.69) is 22.6 Å². The second kappa shape index (κ2) is 8.10. The molecule has 0 aliphatic carbocycles. The molecule has 0 radical (unpaired) electrons. The van der Waals surface area contributed by atoms with E-state index in [0.717, 1.165) is 4.43 Å². The smallest absolute Gasteiger partial charge is 0.105 e. The lowest BCUT2D eigenvalue weighted by molar-refractivity contribution is -0.105. The highest BCUT2D eigenvalue weighted by atomic mass is 127. The second-order valence-corrected chi connectivity index (χ2v) is 4.40. The van der Waals surface area contributed by atoms with Gasteiger partial charge in [0.25, 0.3) is 0 Å². The Morgan fingerprint density at radius 1 is 1.29 bits per heavy atom. The summed E-state index contributed by atoms with van der Waals surface area (Å²) in [5.74, 6) is 0.472. The van der Waals surface area contributed by atoms with Gasteiger partial charge in [-0.05, 0) is 6.92 Å². The third kappa shape index (κ3) is 5.70. The minimum Gasteiger partial charge on any atom is -0.382 e. The fourth-order valence-corrected chi connectivity index (χ4v) is 1.91. The molecule has 0 heterocycles. The zero-order valence-corrected chi connectivity index (χ0v) is 11.8. The highest BCUT2D eigenvalue weighted by Gasteiger charge is 2.26. The summed E-state index contributed by atoms with van der Waals surface area (Å²) in [4.78, 5) is 0. The van der Waals surface area contributed by atoms with Crippen molar-refractivity contribution >= 4 is 34.2 Å². The van der Waals surface area contributed by atoms with Crippen LogP contribution in [0.3, 0.4) is 0 Å². The lowest BCUT2D eigenvalue weighted by Crippen LogP contribution is -2.40. The minimum atomic E-state index is -0.302. The lowest BCUT2D eigenvalue weighted by atomic mass is 10.2. The van der Waals surface area contributed by atoms with Crippen molar-refractivity contribution in [2.75, 3.05) is 37.7 Å². The molecule has 0 aliphatic rings. The quantitative estimate of drug-likeness (QED) is 0.502. The van der Waals surface area contributed by atoms with Crippen LogP contribution < -0.4 is 0 Å². The van der Waals surface area contributed by atoms with Crippen LogP contribution in [0.2, 0.25) is 0 Å².